The van der Waals surface area contributed by atoms with Gasteiger partial charge in [-0.3, -0.25) is 0 Å². The van der Waals surface area contributed by atoms with E-state index in [9.17, 15) is 4.79 Å². The summed E-state index contributed by atoms with van der Waals surface area (Å²) in [5.74, 6) is 0.170. The molecule has 2 amide bonds. The van der Waals surface area contributed by atoms with Crippen LogP contribution in [0.15, 0.2) is 18.3 Å². The topological polar surface area (TPSA) is 74.2 Å². The SMILES string of the molecule is Cc1cnc(CCNC(=O)N[C@@H]2C=C[C@H](CO)C2)s1. The molecule has 1 heterocycles. The van der Waals surface area contributed by atoms with E-state index in [1.807, 2.05) is 25.3 Å². The van der Waals surface area contributed by atoms with E-state index in [2.05, 4.69) is 15.6 Å². The number of thiazole rings is 1. The minimum absolute atomic E-state index is 0.0271. The molecule has 2 rings (SSSR count). The van der Waals surface area contributed by atoms with Gasteiger partial charge in [0.05, 0.1) is 5.01 Å². The second kappa shape index (κ2) is 6.68. The van der Waals surface area contributed by atoms with Crippen molar-refractivity contribution in [3.05, 3.63) is 28.2 Å². The maximum absolute atomic E-state index is 11.7. The number of hydrogen-bond donors (Lipinski definition) is 3. The second-order valence-electron chi connectivity index (χ2n) is 4.68. The first-order chi connectivity index (χ1) is 9.17. The van der Waals surface area contributed by atoms with E-state index < -0.39 is 0 Å². The number of aliphatic hydroxyl groups is 1. The summed E-state index contributed by atoms with van der Waals surface area (Å²) in [4.78, 5) is 17.1. The minimum Gasteiger partial charge on any atom is -0.396 e. The Morgan fingerprint density at radius 3 is 3.05 bits per heavy atom. The van der Waals surface area contributed by atoms with Gasteiger partial charge in [0.25, 0.3) is 0 Å². The van der Waals surface area contributed by atoms with Gasteiger partial charge in [-0.05, 0) is 13.3 Å². The summed E-state index contributed by atoms with van der Waals surface area (Å²) in [6.07, 6.45) is 7.26. The number of aryl methyl sites for hydroxylation is 1. The lowest BCUT2D eigenvalue weighted by atomic mass is 10.1. The largest absolute Gasteiger partial charge is 0.396 e. The molecule has 0 bridgehead atoms. The Morgan fingerprint density at radius 2 is 2.42 bits per heavy atom. The lowest BCUT2D eigenvalue weighted by Gasteiger charge is -2.13. The number of carbonyl (C=O) groups is 1. The zero-order valence-electron chi connectivity index (χ0n) is 10.9. The Balaban J connectivity index is 1.64. The zero-order valence-corrected chi connectivity index (χ0v) is 11.7. The quantitative estimate of drug-likeness (QED) is 0.711. The lowest BCUT2D eigenvalue weighted by Crippen LogP contribution is -2.41. The summed E-state index contributed by atoms with van der Waals surface area (Å²) in [6.45, 7) is 2.74. The lowest BCUT2D eigenvalue weighted by molar-refractivity contribution is 0.231. The Labute approximate surface area is 116 Å². The molecule has 19 heavy (non-hydrogen) atoms. The number of amides is 2. The second-order valence-corrected chi connectivity index (χ2v) is 6.00. The highest BCUT2D eigenvalue weighted by molar-refractivity contribution is 7.11. The molecule has 0 radical (unpaired) electrons. The van der Waals surface area contributed by atoms with E-state index in [-0.39, 0.29) is 24.6 Å². The Morgan fingerprint density at radius 1 is 1.58 bits per heavy atom. The van der Waals surface area contributed by atoms with Crippen molar-refractivity contribution < 1.29 is 9.90 Å². The van der Waals surface area contributed by atoms with Crippen molar-refractivity contribution in [3.8, 4) is 0 Å². The molecule has 0 unspecified atom stereocenters. The highest BCUT2D eigenvalue weighted by atomic mass is 32.1. The molecule has 5 nitrogen and oxygen atoms in total. The van der Waals surface area contributed by atoms with Crippen LogP contribution in [0.4, 0.5) is 4.79 Å². The summed E-state index contributed by atoms with van der Waals surface area (Å²) in [5, 5.41) is 15.7. The van der Waals surface area contributed by atoms with Crippen molar-refractivity contribution in [2.24, 2.45) is 5.92 Å². The molecule has 2 atom stereocenters. The summed E-state index contributed by atoms with van der Waals surface area (Å²) in [6, 6.07) is -0.138. The van der Waals surface area contributed by atoms with Crippen molar-refractivity contribution in [2.45, 2.75) is 25.8 Å². The van der Waals surface area contributed by atoms with E-state index in [0.29, 0.717) is 6.54 Å². The highest BCUT2D eigenvalue weighted by Crippen LogP contribution is 2.16. The molecule has 1 aliphatic rings. The van der Waals surface area contributed by atoms with Gasteiger partial charge in [-0.25, -0.2) is 9.78 Å². The molecule has 0 saturated heterocycles. The monoisotopic (exact) mass is 281 g/mol. The Kier molecular flexibility index (Phi) is 4.93. The van der Waals surface area contributed by atoms with Crippen LogP contribution in [0.1, 0.15) is 16.3 Å². The van der Waals surface area contributed by atoms with Gasteiger partial charge in [-0.15, -0.1) is 11.3 Å². The minimum atomic E-state index is -0.165. The Bertz CT molecular complexity index is 458. The number of nitrogens with zero attached hydrogens (tertiary/aromatic N) is 1. The first kappa shape index (κ1) is 14.0. The van der Waals surface area contributed by atoms with E-state index >= 15 is 0 Å². The molecule has 1 aromatic heterocycles. The molecule has 0 fully saturated rings. The van der Waals surface area contributed by atoms with Crippen LogP contribution >= 0.6 is 11.3 Å². The number of hydrogen-bond acceptors (Lipinski definition) is 4. The molecule has 104 valence electrons. The van der Waals surface area contributed by atoms with E-state index in [1.165, 1.54) is 4.88 Å². The number of nitrogens with one attached hydrogen (secondary N) is 2. The van der Waals surface area contributed by atoms with Crippen LogP contribution < -0.4 is 10.6 Å². The van der Waals surface area contributed by atoms with Crippen molar-refractivity contribution in [2.75, 3.05) is 13.2 Å². The van der Waals surface area contributed by atoms with Crippen LogP contribution in [0.25, 0.3) is 0 Å². The van der Waals surface area contributed by atoms with Gasteiger partial charge < -0.3 is 15.7 Å². The predicted molar refractivity (Wildman–Crippen MR) is 75.2 cm³/mol. The van der Waals surface area contributed by atoms with Gasteiger partial charge in [-0.1, -0.05) is 12.2 Å². The van der Waals surface area contributed by atoms with Gasteiger partial charge in [0.1, 0.15) is 0 Å². The van der Waals surface area contributed by atoms with Gasteiger partial charge >= 0.3 is 6.03 Å². The standard InChI is InChI=1S/C13H19N3O2S/c1-9-7-15-12(19-9)4-5-14-13(18)16-11-3-2-10(6-11)8-17/h2-3,7,10-11,17H,4-6,8H2,1H3,(H2,14,16,18)/t10-,11+/m0/s1. The summed E-state index contributed by atoms with van der Waals surface area (Å²) >= 11 is 1.65. The number of rotatable bonds is 5. The number of carbonyl (C=O) groups excluding carboxylic acids is 1. The van der Waals surface area contributed by atoms with Crippen LogP contribution in [0.5, 0.6) is 0 Å². The van der Waals surface area contributed by atoms with Gasteiger partial charge in [0.2, 0.25) is 0 Å². The molecular formula is C13H19N3O2S. The summed E-state index contributed by atoms with van der Waals surface area (Å²) in [5.41, 5.74) is 0. The van der Waals surface area contributed by atoms with Crippen LogP contribution in [-0.2, 0) is 6.42 Å². The third-order valence-corrected chi connectivity index (χ3v) is 3.99. The van der Waals surface area contributed by atoms with Crippen molar-refractivity contribution in [1.29, 1.82) is 0 Å². The van der Waals surface area contributed by atoms with Crippen LogP contribution in [0.2, 0.25) is 0 Å². The normalized spacial score (nSPS) is 21.6. The average Bonchev–Trinajstić information content (AvgIpc) is 2.98. The van der Waals surface area contributed by atoms with Gasteiger partial charge in [0.15, 0.2) is 0 Å². The van der Waals surface area contributed by atoms with Gasteiger partial charge in [-0.2, -0.15) is 0 Å². The Hall–Kier alpha value is -1.40. The van der Waals surface area contributed by atoms with E-state index in [0.717, 1.165) is 17.8 Å². The molecule has 1 aliphatic carbocycles. The first-order valence-corrected chi connectivity index (χ1v) is 7.24. The zero-order chi connectivity index (χ0) is 13.7. The molecule has 0 aliphatic heterocycles. The fourth-order valence-electron chi connectivity index (χ4n) is 2.04. The van der Waals surface area contributed by atoms with E-state index in [4.69, 9.17) is 5.11 Å². The number of aromatic nitrogens is 1. The predicted octanol–water partition coefficient (Wildman–Crippen LogP) is 1.23. The molecule has 0 saturated carbocycles. The summed E-state index contributed by atoms with van der Waals surface area (Å²) in [7, 11) is 0. The molecule has 0 spiro atoms. The number of aliphatic hydroxyl groups excluding tert-OH is 1. The smallest absolute Gasteiger partial charge is 0.315 e. The van der Waals surface area contributed by atoms with Crippen molar-refractivity contribution >= 4 is 17.4 Å². The van der Waals surface area contributed by atoms with Gasteiger partial charge in [0, 0.05) is 42.6 Å². The molecule has 3 N–H and O–H groups in total. The molecule has 6 heteroatoms. The third kappa shape index (κ3) is 4.33. The fourth-order valence-corrected chi connectivity index (χ4v) is 2.82. The van der Waals surface area contributed by atoms with Crippen LogP contribution in [-0.4, -0.2) is 35.3 Å². The third-order valence-electron chi connectivity index (χ3n) is 3.02. The van der Waals surface area contributed by atoms with Crippen molar-refractivity contribution in [1.82, 2.24) is 15.6 Å². The molecular weight excluding hydrogens is 262 g/mol. The maximum atomic E-state index is 11.7. The van der Waals surface area contributed by atoms with Crippen molar-refractivity contribution in [3.63, 3.8) is 0 Å². The molecule has 0 aromatic carbocycles. The maximum Gasteiger partial charge on any atom is 0.315 e. The average molecular weight is 281 g/mol. The summed E-state index contributed by atoms with van der Waals surface area (Å²) < 4.78 is 0. The van der Waals surface area contributed by atoms with E-state index in [1.54, 1.807) is 11.3 Å². The number of urea groups is 1. The first-order valence-electron chi connectivity index (χ1n) is 6.42. The molecule has 1 aromatic rings. The van der Waals surface area contributed by atoms with Crippen LogP contribution in [0, 0.1) is 12.8 Å². The van der Waals surface area contributed by atoms with Crippen LogP contribution in [0.3, 0.4) is 0 Å². The highest BCUT2D eigenvalue weighted by Gasteiger charge is 2.19. The fraction of sp³-hybridized carbons (Fsp3) is 0.538.